The number of esters is 2. The van der Waals surface area contributed by atoms with Crippen LogP contribution in [0.2, 0.25) is 0 Å². The normalized spacial score (nSPS) is 26.6. The van der Waals surface area contributed by atoms with Gasteiger partial charge in [-0.05, 0) is 45.1 Å². The first-order chi connectivity index (χ1) is 18.4. The number of nitrogens with two attached hydrogens (primary N) is 3. The second-order valence-electron chi connectivity index (χ2n) is 9.98. The average Bonchev–Trinajstić information content (AvgIpc) is 3.49. The molecule has 2 rings (SSSR count). The van der Waals surface area contributed by atoms with Crippen LogP contribution in [0.4, 0.5) is 0 Å². The zero-order valence-corrected chi connectivity index (χ0v) is 22.3. The molecule has 1 aliphatic heterocycles. The second-order valence-corrected chi connectivity index (χ2v) is 9.98. The van der Waals surface area contributed by atoms with Gasteiger partial charge in [-0.2, -0.15) is 0 Å². The molecule has 0 aromatic rings. The lowest BCUT2D eigenvalue weighted by atomic mass is 9.60. The third-order valence-electron chi connectivity index (χ3n) is 7.27. The van der Waals surface area contributed by atoms with E-state index in [0.717, 1.165) is 6.42 Å². The van der Waals surface area contributed by atoms with Gasteiger partial charge in [-0.25, -0.2) is 9.59 Å². The largest absolute Gasteiger partial charge is 0.550 e. The molecule has 5 unspecified atom stereocenters. The van der Waals surface area contributed by atoms with Crippen LogP contribution in [-0.2, 0) is 38.3 Å². The highest BCUT2D eigenvalue weighted by Gasteiger charge is 2.70. The summed E-state index contributed by atoms with van der Waals surface area (Å²) in [7, 11) is 0. The van der Waals surface area contributed by atoms with E-state index in [-0.39, 0.29) is 6.42 Å². The summed E-state index contributed by atoms with van der Waals surface area (Å²) in [6.45, 7) is 3.42. The van der Waals surface area contributed by atoms with Gasteiger partial charge < -0.3 is 62.1 Å². The molecule has 0 spiro atoms. The number of hydrogen-bond donors (Lipinski definition) is 5. The summed E-state index contributed by atoms with van der Waals surface area (Å²) in [4.78, 5) is 81.4. The Hall–Kier alpha value is -3.31. The number of ketones is 2. The second kappa shape index (κ2) is 13.8. The lowest BCUT2D eigenvalue weighted by Gasteiger charge is -2.43. The van der Waals surface area contributed by atoms with Crippen molar-refractivity contribution in [2.45, 2.75) is 82.0 Å². The van der Waals surface area contributed by atoms with Crippen molar-refractivity contribution < 1.29 is 58.7 Å². The quantitative estimate of drug-likeness (QED) is 0.107. The molecule has 1 saturated heterocycles. The van der Waals surface area contributed by atoms with Gasteiger partial charge >= 0.3 is 11.9 Å². The van der Waals surface area contributed by atoms with Crippen LogP contribution in [0.5, 0.6) is 0 Å². The Labute approximate surface area is 229 Å². The number of Topliss-reactive ketones (excluding diaryl/α,β-unsaturated/α-hetero) is 2. The summed E-state index contributed by atoms with van der Waals surface area (Å²) in [5.74, 6) is -9.49. The number of carboxylic acids is 3. The lowest BCUT2D eigenvalue weighted by molar-refractivity contribution is -0.339. The molecule has 8 N–H and O–H groups in total. The van der Waals surface area contributed by atoms with E-state index in [1.165, 1.54) is 6.92 Å². The van der Waals surface area contributed by atoms with E-state index < -0.39 is 95.4 Å². The van der Waals surface area contributed by atoms with Crippen LogP contribution >= 0.6 is 0 Å². The molecule has 0 aromatic carbocycles. The predicted molar refractivity (Wildman–Crippen MR) is 126 cm³/mol. The Balaban J connectivity index is 0.000000520. The Kier molecular flexibility index (Phi) is 12.0. The molecule has 0 bridgehead atoms. The Morgan fingerprint density at radius 3 is 2.00 bits per heavy atom. The summed E-state index contributed by atoms with van der Waals surface area (Å²) in [6, 6.07) is -1.61. The van der Waals surface area contributed by atoms with E-state index in [9.17, 15) is 48.9 Å². The summed E-state index contributed by atoms with van der Waals surface area (Å²) < 4.78 is 4.86. The van der Waals surface area contributed by atoms with Crippen molar-refractivity contribution in [1.82, 2.24) is 5.32 Å². The average molecular weight is 572 g/mol. The minimum atomic E-state index is -2.97. The first-order valence-electron chi connectivity index (χ1n) is 12.6. The molecular weight excluding hydrogens is 536 g/mol. The van der Waals surface area contributed by atoms with Crippen molar-refractivity contribution in [3.05, 3.63) is 0 Å². The van der Waals surface area contributed by atoms with Gasteiger partial charge in [-0.1, -0.05) is 13.3 Å². The van der Waals surface area contributed by atoms with E-state index >= 15 is 0 Å². The molecule has 16 heteroatoms. The van der Waals surface area contributed by atoms with Crippen molar-refractivity contribution in [1.29, 1.82) is 0 Å². The molecule has 1 aliphatic carbocycles. The fourth-order valence-electron chi connectivity index (χ4n) is 5.29. The van der Waals surface area contributed by atoms with E-state index in [4.69, 9.17) is 27.0 Å². The SMILES string of the molecule is CCC1CCC(N)(C(=O)OC(=O)C(C)N)C1(C(=O)CN)C(=O)C1CCCN1.O=C([O-])CC(O)(CC(=O)[O-])C(=O)[O-]. The Morgan fingerprint density at radius 2 is 1.62 bits per heavy atom. The molecule has 2 fully saturated rings. The molecule has 0 aromatic heterocycles. The molecule has 2 aliphatic rings. The summed E-state index contributed by atoms with van der Waals surface area (Å²) in [5, 5.41) is 42.0. The van der Waals surface area contributed by atoms with E-state index in [1.54, 1.807) is 0 Å². The van der Waals surface area contributed by atoms with Crippen LogP contribution in [0.15, 0.2) is 0 Å². The Bertz CT molecular complexity index is 1010. The van der Waals surface area contributed by atoms with Crippen molar-refractivity contribution in [3.8, 4) is 0 Å². The summed E-state index contributed by atoms with van der Waals surface area (Å²) in [5.41, 5.74) is 10.8. The molecule has 5 atom stereocenters. The molecule has 40 heavy (non-hydrogen) atoms. The van der Waals surface area contributed by atoms with Gasteiger partial charge in [0.25, 0.3) is 0 Å². The van der Waals surface area contributed by atoms with Gasteiger partial charge in [0, 0.05) is 24.8 Å². The summed E-state index contributed by atoms with van der Waals surface area (Å²) in [6.07, 6.45) is -0.465. The number of hydrogen-bond acceptors (Lipinski definition) is 16. The fourth-order valence-corrected chi connectivity index (χ4v) is 5.29. The molecule has 1 saturated carbocycles. The Morgan fingerprint density at radius 1 is 1.07 bits per heavy atom. The third-order valence-corrected chi connectivity index (χ3v) is 7.27. The highest BCUT2D eigenvalue weighted by Crippen LogP contribution is 2.53. The first-order valence-corrected chi connectivity index (χ1v) is 12.6. The van der Waals surface area contributed by atoms with Crippen LogP contribution in [0.3, 0.4) is 0 Å². The van der Waals surface area contributed by atoms with Crippen molar-refractivity contribution in [2.75, 3.05) is 13.1 Å². The topological polar surface area (TPSA) is 308 Å². The van der Waals surface area contributed by atoms with E-state index in [0.29, 0.717) is 25.8 Å². The van der Waals surface area contributed by atoms with Crippen molar-refractivity contribution >= 4 is 41.4 Å². The van der Waals surface area contributed by atoms with Gasteiger partial charge in [0.1, 0.15) is 22.6 Å². The molecule has 0 radical (unpaired) electrons. The van der Waals surface area contributed by atoms with E-state index in [1.807, 2.05) is 6.92 Å². The number of carbonyl (C=O) groups excluding carboxylic acids is 7. The maximum atomic E-state index is 13.5. The molecule has 226 valence electrons. The fraction of sp³-hybridized carbons (Fsp3) is 0.708. The zero-order valence-electron chi connectivity index (χ0n) is 22.3. The van der Waals surface area contributed by atoms with Crippen LogP contribution in [0.1, 0.15) is 58.8 Å². The van der Waals surface area contributed by atoms with Crippen molar-refractivity contribution in [3.63, 3.8) is 0 Å². The third kappa shape index (κ3) is 7.06. The summed E-state index contributed by atoms with van der Waals surface area (Å²) >= 11 is 0. The lowest BCUT2D eigenvalue weighted by Crippen LogP contribution is -2.70. The number of carbonyl (C=O) groups is 7. The molecule has 1 heterocycles. The van der Waals surface area contributed by atoms with Crippen LogP contribution in [-0.4, -0.2) is 82.8 Å². The van der Waals surface area contributed by atoms with E-state index in [2.05, 4.69) is 5.32 Å². The van der Waals surface area contributed by atoms with Gasteiger partial charge in [0.05, 0.1) is 18.6 Å². The minimum absolute atomic E-state index is 0.0563. The zero-order chi connectivity index (χ0) is 31.1. The maximum Gasteiger partial charge on any atom is 0.335 e. The number of nitrogens with one attached hydrogen (secondary N) is 1. The van der Waals surface area contributed by atoms with Crippen LogP contribution in [0.25, 0.3) is 0 Å². The van der Waals surface area contributed by atoms with Crippen molar-refractivity contribution in [2.24, 2.45) is 28.5 Å². The smallest absolute Gasteiger partial charge is 0.335 e. The monoisotopic (exact) mass is 571 g/mol. The van der Waals surface area contributed by atoms with Gasteiger partial charge in [-0.15, -0.1) is 0 Å². The van der Waals surface area contributed by atoms with Gasteiger partial charge in [-0.3, -0.25) is 9.59 Å². The number of aliphatic hydroxyl groups is 1. The maximum absolute atomic E-state index is 13.5. The molecular formula is C24H35N4O12-3. The minimum Gasteiger partial charge on any atom is -0.550 e. The van der Waals surface area contributed by atoms with Gasteiger partial charge in [0.15, 0.2) is 11.6 Å². The highest BCUT2D eigenvalue weighted by molar-refractivity contribution is 6.16. The van der Waals surface area contributed by atoms with Crippen LogP contribution < -0.4 is 37.8 Å². The molecule has 0 amide bonds. The standard InChI is InChI=1S/C18H30N4O5.C6H8O7/c1-3-11-6-7-17(21,16(26)27-15(25)10(2)20)18(11,13(23)9-19)14(24)12-5-4-8-22-12;7-3(8)1-6(13,5(11)12)2-4(9)10/h10-12,22H,3-9,19-21H2,1-2H3;13H,1-2H2,(H,7,8)(H,9,10)(H,11,12)/p-3. The number of ether oxygens (including phenoxy) is 1. The molecule has 16 nitrogen and oxygen atoms in total. The highest BCUT2D eigenvalue weighted by atomic mass is 16.6. The van der Waals surface area contributed by atoms with Gasteiger partial charge in [0.2, 0.25) is 0 Å². The first kappa shape index (κ1) is 34.7. The number of aliphatic carboxylic acids is 3. The number of carboxylic acid groups (broad SMARTS) is 3. The predicted octanol–water partition coefficient (Wildman–Crippen LogP) is -6.50. The van der Waals surface area contributed by atoms with Crippen LogP contribution in [0, 0.1) is 11.3 Å². The number of rotatable bonds is 12.